The molecule has 0 aliphatic heterocycles. The van der Waals surface area contributed by atoms with Crippen molar-refractivity contribution in [2.24, 2.45) is 0 Å². The molecule has 0 bridgehead atoms. The Bertz CT molecular complexity index is 1440. The van der Waals surface area contributed by atoms with Crippen molar-refractivity contribution in [3.8, 4) is 17.4 Å². The molecule has 0 amide bonds. The van der Waals surface area contributed by atoms with E-state index in [1.54, 1.807) is 45.0 Å². The Morgan fingerprint density at radius 2 is 2.00 bits per heavy atom. The Morgan fingerprint density at radius 3 is 2.69 bits per heavy atom. The van der Waals surface area contributed by atoms with Crippen molar-refractivity contribution in [2.75, 3.05) is 18.2 Å². The molecular formula is C24H24ClFN6O4. The monoisotopic (exact) mass is 514 g/mol. The lowest BCUT2D eigenvalue weighted by atomic mass is 10.2. The molecule has 188 valence electrons. The summed E-state index contributed by atoms with van der Waals surface area (Å²) < 4.78 is 31.5. The second-order valence-corrected chi connectivity index (χ2v) is 9.18. The maximum atomic E-state index is 14.3. The number of esters is 1. The van der Waals surface area contributed by atoms with E-state index in [4.69, 9.17) is 31.5 Å². The van der Waals surface area contributed by atoms with Crippen LogP contribution in [-0.2, 0) is 16.1 Å². The van der Waals surface area contributed by atoms with Crippen LogP contribution in [0.4, 0.5) is 21.6 Å². The minimum absolute atomic E-state index is 0.244. The lowest BCUT2D eigenvalue weighted by Gasteiger charge is -2.19. The van der Waals surface area contributed by atoms with Crippen molar-refractivity contribution in [1.82, 2.24) is 19.7 Å². The SMILES string of the molecule is COc1cc2ncnc(Nc3ccc(Oc4nn(CC(=O)OC(C)(C)C)cc4F)cc3Cl)c2cc1N. The first-order valence-electron chi connectivity index (χ1n) is 10.8. The van der Waals surface area contributed by atoms with Crippen LogP contribution in [0.25, 0.3) is 10.9 Å². The average molecular weight is 515 g/mol. The van der Waals surface area contributed by atoms with Crippen LogP contribution in [0.2, 0.25) is 5.02 Å². The highest BCUT2D eigenvalue weighted by atomic mass is 35.5. The molecule has 0 fully saturated rings. The van der Waals surface area contributed by atoms with Gasteiger partial charge in [-0.3, -0.25) is 9.48 Å². The summed E-state index contributed by atoms with van der Waals surface area (Å²) in [6, 6.07) is 8.15. The number of benzene rings is 2. The van der Waals surface area contributed by atoms with Gasteiger partial charge in [-0.1, -0.05) is 11.6 Å². The van der Waals surface area contributed by atoms with Crippen LogP contribution in [-0.4, -0.2) is 38.4 Å². The van der Waals surface area contributed by atoms with Gasteiger partial charge in [0.15, 0.2) is 0 Å². The van der Waals surface area contributed by atoms with Gasteiger partial charge in [-0.25, -0.2) is 9.97 Å². The number of fused-ring (bicyclic) bond motifs is 1. The molecule has 2 aromatic heterocycles. The first-order chi connectivity index (χ1) is 17.0. The van der Waals surface area contributed by atoms with Crippen molar-refractivity contribution < 1.29 is 23.4 Å². The zero-order valence-corrected chi connectivity index (χ0v) is 20.8. The van der Waals surface area contributed by atoms with Gasteiger partial charge >= 0.3 is 5.97 Å². The van der Waals surface area contributed by atoms with Crippen molar-refractivity contribution in [2.45, 2.75) is 32.9 Å². The maximum absolute atomic E-state index is 14.3. The highest BCUT2D eigenvalue weighted by molar-refractivity contribution is 6.33. The summed E-state index contributed by atoms with van der Waals surface area (Å²) in [7, 11) is 1.53. The van der Waals surface area contributed by atoms with E-state index in [-0.39, 0.29) is 23.2 Å². The second kappa shape index (κ2) is 9.86. The number of methoxy groups -OCH3 is 1. The number of nitrogens with two attached hydrogens (primary N) is 1. The fourth-order valence-electron chi connectivity index (χ4n) is 3.31. The van der Waals surface area contributed by atoms with Crippen molar-refractivity contribution >= 4 is 45.7 Å². The molecule has 0 aliphatic carbocycles. The van der Waals surface area contributed by atoms with Crippen molar-refractivity contribution in [3.63, 3.8) is 0 Å². The fourth-order valence-corrected chi connectivity index (χ4v) is 3.53. The number of anilines is 3. The zero-order valence-electron chi connectivity index (χ0n) is 20.0. The number of aromatic nitrogens is 4. The molecular weight excluding hydrogens is 491 g/mol. The highest BCUT2D eigenvalue weighted by Gasteiger charge is 2.19. The molecule has 0 radical (unpaired) electrons. The number of ether oxygens (including phenoxy) is 3. The van der Waals surface area contributed by atoms with Crippen LogP contribution in [0.5, 0.6) is 17.4 Å². The summed E-state index contributed by atoms with van der Waals surface area (Å²) in [6.45, 7) is 4.96. The maximum Gasteiger partial charge on any atom is 0.328 e. The number of halogens is 2. The number of nitrogens with zero attached hydrogens (tertiary/aromatic N) is 4. The van der Waals surface area contributed by atoms with Crippen LogP contribution in [0.1, 0.15) is 20.8 Å². The Morgan fingerprint density at radius 1 is 1.22 bits per heavy atom. The number of rotatable bonds is 7. The van der Waals surface area contributed by atoms with Gasteiger partial charge in [0.25, 0.3) is 5.88 Å². The summed E-state index contributed by atoms with van der Waals surface area (Å²) in [5.41, 5.74) is 6.96. The van der Waals surface area contributed by atoms with Crippen LogP contribution in [0.15, 0.2) is 42.9 Å². The molecule has 10 nitrogen and oxygen atoms in total. The number of hydrogen-bond acceptors (Lipinski definition) is 9. The summed E-state index contributed by atoms with van der Waals surface area (Å²) in [5, 5.41) is 8.08. The molecule has 2 heterocycles. The molecule has 0 spiro atoms. The topological polar surface area (TPSA) is 126 Å². The standard InChI is InChI=1S/C24H24ClFN6O4/c1-24(2,3)36-21(33)11-32-10-16(26)23(31-32)35-13-5-6-18(15(25)7-13)30-22-14-8-17(27)20(34-4)9-19(14)28-12-29-22/h5-10,12H,11,27H2,1-4H3,(H,28,29,30). The quantitative estimate of drug-likeness (QED) is 0.256. The van der Waals surface area contributed by atoms with Gasteiger partial charge in [-0.2, -0.15) is 4.39 Å². The number of carbonyl (C=O) groups is 1. The first-order valence-corrected chi connectivity index (χ1v) is 11.2. The fraction of sp³-hybridized carbons (Fsp3) is 0.250. The zero-order chi connectivity index (χ0) is 26.0. The minimum atomic E-state index is -0.739. The van der Waals surface area contributed by atoms with Gasteiger partial charge in [0, 0.05) is 17.5 Å². The molecule has 0 saturated carbocycles. The van der Waals surface area contributed by atoms with Gasteiger partial charge < -0.3 is 25.3 Å². The molecule has 4 rings (SSSR count). The van der Waals surface area contributed by atoms with E-state index in [0.717, 1.165) is 10.9 Å². The third kappa shape index (κ3) is 5.74. The van der Waals surface area contributed by atoms with Crippen LogP contribution < -0.4 is 20.5 Å². The van der Waals surface area contributed by atoms with E-state index in [2.05, 4.69) is 20.4 Å². The van der Waals surface area contributed by atoms with E-state index in [9.17, 15) is 9.18 Å². The smallest absolute Gasteiger partial charge is 0.328 e. The lowest BCUT2D eigenvalue weighted by Crippen LogP contribution is -2.26. The average Bonchev–Trinajstić information content (AvgIpc) is 3.12. The molecule has 12 heteroatoms. The third-order valence-corrected chi connectivity index (χ3v) is 5.10. The molecule has 2 aromatic carbocycles. The lowest BCUT2D eigenvalue weighted by molar-refractivity contribution is -0.155. The van der Waals surface area contributed by atoms with Gasteiger partial charge in [-0.05, 0) is 39.0 Å². The summed E-state index contributed by atoms with van der Waals surface area (Å²) in [4.78, 5) is 20.5. The second-order valence-electron chi connectivity index (χ2n) is 8.77. The molecule has 0 unspecified atom stereocenters. The Balaban J connectivity index is 1.50. The Hall–Kier alpha value is -4.12. The van der Waals surface area contributed by atoms with Gasteiger partial charge in [0.05, 0.1) is 35.2 Å². The number of hydrogen-bond donors (Lipinski definition) is 2. The molecule has 0 atom stereocenters. The Kier molecular flexibility index (Phi) is 6.84. The number of carbonyl (C=O) groups excluding carboxylic acids is 1. The number of nitrogen functional groups attached to an aromatic ring is 1. The Labute approximate surface area is 211 Å². The van der Waals surface area contributed by atoms with Gasteiger partial charge in [0.2, 0.25) is 5.82 Å². The van der Waals surface area contributed by atoms with E-state index < -0.39 is 17.4 Å². The molecule has 0 saturated heterocycles. The largest absolute Gasteiger partial charge is 0.495 e. The van der Waals surface area contributed by atoms with E-state index >= 15 is 0 Å². The molecule has 36 heavy (non-hydrogen) atoms. The van der Waals surface area contributed by atoms with E-state index in [1.165, 1.54) is 19.5 Å². The summed E-state index contributed by atoms with van der Waals surface area (Å²) >= 11 is 6.44. The first kappa shape index (κ1) is 25.0. The number of nitrogens with one attached hydrogen (secondary N) is 1. The molecule has 4 aromatic rings. The van der Waals surface area contributed by atoms with Gasteiger partial charge in [-0.15, -0.1) is 5.10 Å². The molecule has 0 aliphatic rings. The molecule has 3 N–H and O–H groups in total. The highest BCUT2D eigenvalue weighted by Crippen LogP contribution is 2.35. The van der Waals surface area contributed by atoms with Crippen LogP contribution in [0, 0.1) is 5.82 Å². The normalized spacial score (nSPS) is 11.4. The summed E-state index contributed by atoms with van der Waals surface area (Å²) in [5.74, 6) is -0.357. The predicted molar refractivity (Wildman–Crippen MR) is 133 cm³/mol. The third-order valence-electron chi connectivity index (χ3n) is 4.79. The summed E-state index contributed by atoms with van der Waals surface area (Å²) in [6.07, 6.45) is 2.46. The van der Waals surface area contributed by atoms with Crippen molar-refractivity contribution in [1.29, 1.82) is 0 Å². The van der Waals surface area contributed by atoms with Crippen molar-refractivity contribution in [3.05, 3.63) is 53.7 Å². The van der Waals surface area contributed by atoms with E-state index in [1.807, 2.05) is 0 Å². The van der Waals surface area contributed by atoms with Crippen LogP contribution in [0.3, 0.4) is 0 Å². The predicted octanol–water partition coefficient (Wildman–Crippen LogP) is 5.09. The van der Waals surface area contributed by atoms with E-state index in [0.29, 0.717) is 33.8 Å². The van der Waals surface area contributed by atoms with Gasteiger partial charge in [0.1, 0.15) is 35.8 Å². The minimum Gasteiger partial charge on any atom is -0.495 e. The van der Waals surface area contributed by atoms with Crippen LogP contribution >= 0.6 is 11.6 Å².